The Morgan fingerprint density at radius 3 is 2.40 bits per heavy atom. The number of halogens is 3. The number of alkyl halides is 3. The first kappa shape index (κ1) is 14.1. The van der Waals surface area contributed by atoms with Crippen LogP contribution in [0.25, 0.3) is 0 Å². The van der Waals surface area contributed by atoms with Crippen LogP contribution in [0.3, 0.4) is 0 Å². The molecular formula is C13H13F3N4. The maximum absolute atomic E-state index is 12.6. The van der Waals surface area contributed by atoms with Crippen LogP contribution in [0.4, 0.5) is 13.2 Å². The van der Waals surface area contributed by atoms with Gasteiger partial charge in [-0.25, -0.2) is 0 Å². The van der Waals surface area contributed by atoms with Gasteiger partial charge in [-0.1, -0.05) is 30.3 Å². The molecule has 1 aromatic heterocycles. The van der Waals surface area contributed by atoms with E-state index in [0.29, 0.717) is 0 Å². The fourth-order valence-electron chi connectivity index (χ4n) is 1.91. The molecule has 0 bridgehead atoms. The van der Waals surface area contributed by atoms with Gasteiger partial charge >= 0.3 is 6.18 Å². The Hall–Kier alpha value is -2.31. The van der Waals surface area contributed by atoms with Crippen molar-refractivity contribution in [1.82, 2.24) is 9.78 Å². The molecule has 106 valence electrons. The third-order valence-electron chi connectivity index (χ3n) is 2.82. The fraction of sp³-hybridized carbons (Fsp3) is 0.231. The number of hydrogen-bond donors (Lipinski definition) is 2. The summed E-state index contributed by atoms with van der Waals surface area (Å²) >= 11 is 0. The predicted octanol–water partition coefficient (Wildman–Crippen LogP) is 2.82. The summed E-state index contributed by atoms with van der Waals surface area (Å²) in [5.74, 6) is -0.108. The summed E-state index contributed by atoms with van der Waals surface area (Å²) in [6.07, 6.45) is -3.13. The smallest absolute Gasteiger partial charge is 0.388 e. The van der Waals surface area contributed by atoms with Crippen molar-refractivity contribution in [2.45, 2.75) is 18.6 Å². The molecule has 3 N–H and O–H groups in total. The number of aromatic nitrogens is 2. The zero-order valence-electron chi connectivity index (χ0n) is 10.4. The summed E-state index contributed by atoms with van der Waals surface area (Å²) in [5, 5.41) is 10.9. The van der Waals surface area contributed by atoms with E-state index in [1.807, 2.05) is 0 Å². The maximum Gasteiger partial charge on any atom is 0.435 e. The topological polar surface area (TPSA) is 67.7 Å². The third-order valence-corrected chi connectivity index (χ3v) is 2.82. The van der Waals surface area contributed by atoms with E-state index < -0.39 is 17.9 Å². The lowest BCUT2D eigenvalue weighted by molar-refractivity contribution is -0.141. The molecule has 0 radical (unpaired) electrons. The minimum absolute atomic E-state index is 0.100. The highest BCUT2D eigenvalue weighted by molar-refractivity contribution is 5.77. The Kier molecular flexibility index (Phi) is 3.78. The average Bonchev–Trinajstić information content (AvgIpc) is 2.86. The Morgan fingerprint density at radius 1 is 1.25 bits per heavy atom. The van der Waals surface area contributed by atoms with Gasteiger partial charge in [-0.3, -0.25) is 10.1 Å². The second-order valence-electron chi connectivity index (χ2n) is 4.33. The van der Waals surface area contributed by atoms with Crippen LogP contribution in [-0.4, -0.2) is 15.6 Å². The summed E-state index contributed by atoms with van der Waals surface area (Å²) in [5.41, 5.74) is 5.17. The van der Waals surface area contributed by atoms with Gasteiger partial charge in [-0.15, -0.1) is 0 Å². The number of hydrogen-bond acceptors (Lipinski definition) is 2. The first-order valence-electron chi connectivity index (χ1n) is 5.88. The Morgan fingerprint density at radius 2 is 1.90 bits per heavy atom. The van der Waals surface area contributed by atoms with Crippen LogP contribution in [0.1, 0.15) is 23.7 Å². The SMILES string of the molecule is N=C(N)CC(c1ccccc1)n1ccc(C(F)(F)F)n1. The van der Waals surface area contributed by atoms with Gasteiger partial charge in [0.15, 0.2) is 5.69 Å². The molecule has 2 aromatic rings. The van der Waals surface area contributed by atoms with Crippen molar-refractivity contribution in [2.24, 2.45) is 5.73 Å². The number of nitrogens with one attached hydrogen (secondary N) is 1. The third kappa shape index (κ3) is 3.17. The summed E-state index contributed by atoms with van der Waals surface area (Å²) in [7, 11) is 0. The molecule has 0 fully saturated rings. The highest BCUT2D eigenvalue weighted by atomic mass is 19.4. The lowest BCUT2D eigenvalue weighted by Crippen LogP contribution is -2.21. The monoisotopic (exact) mass is 282 g/mol. The van der Waals surface area contributed by atoms with Crippen LogP contribution in [0.2, 0.25) is 0 Å². The minimum atomic E-state index is -4.48. The van der Waals surface area contributed by atoms with Crippen molar-refractivity contribution >= 4 is 5.84 Å². The quantitative estimate of drug-likeness (QED) is 0.669. The van der Waals surface area contributed by atoms with Gasteiger partial charge in [0.2, 0.25) is 0 Å². The minimum Gasteiger partial charge on any atom is -0.388 e. The van der Waals surface area contributed by atoms with Crippen molar-refractivity contribution in [1.29, 1.82) is 5.41 Å². The predicted molar refractivity (Wildman–Crippen MR) is 68.3 cm³/mol. The van der Waals surface area contributed by atoms with Crippen molar-refractivity contribution in [3.05, 3.63) is 53.9 Å². The Bertz CT molecular complexity index is 589. The summed E-state index contributed by atoms with van der Waals surface area (Å²) in [6.45, 7) is 0. The highest BCUT2D eigenvalue weighted by Crippen LogP contribution is 2.29. The van der Waals surface area contributed by atoms with Gasteiger partial charge in [0.1, 0.15) is 0 Å². The number of rotatable bonds is 4. The van der Waals surface area contributed by atoms with Gasteiger partial charge < -0.3 is 5.73 Å². The van der Waals surface area contributed by atoms with E-state index in [1.54, 1.807) is 30.3 Å². The molecule has 1 atom stereocenters. The van der Waals surface area contributed by atoms with E-state index in [9.17, 15) is 13.2 Å². The molecule has 0 spiro atoms. The Labute approximate surface area is 113 Å². The fourth-order valence-corrected chi connectivity index (χ4v) is 1.91. The zero-order valence-corrected chi connectivity index (χ0v) is 10.4. The normalized spacial score (nSPS) is 13.2. The van der Waals surface area contributed by atoms with Crippen LogP contribution in [0, 0.1) is 5.41 Å². The molecule has 0 aliphatic heterocycles. The van der Waals surface area contributed by atoms with Gasteiger partial charge in [-0.05, 0) is 11.6 Å². The van der Waals surface area contributed by atoms with E-state index in [-0.39, 0.29) is 12.3 Å². The lowest BCUT2D eigenvalue weighted by Gasteiger charge is -2.17. The standard InChI is InChI=1S/C13H13F3N4/c14-13(15,16)11-6-7-20(19-11)10(8-12(17)18)9-4-2-1-3-5-9/h1-7,10H,8H2,(H3,17,18). The van der Waals surface area contributed by atoms with Crippen molar-refractivity contribution < 1.29 is 13.2 Å². The van der Waals surface area contributed by atoms with Crippen LogP contribution < -0.4 is 5.73 Å². The summed E-state index contributed by atoms with van der Waals surface area (Å²) in [4.78, 5) is 0. The van der Waals surface area contributed by atoms with E-state index in [0.717, 1.165) is 11.6 Å². The van der Waals surface area contributed by atoms with Crippen LogP contribution in [0.15, 0.2) is 42.6 Å². The number of amidine groups is 1. The average molecular weight is 282 g/mol. The lowest BCUT2D eigenvalue weighted by atomic mass is 10.0. The second kappa shape index (κ2) is 5.36. The molecule has 0 saturated carbocycles. The second-order valence-corrected chi connectivity index (χ2v) is 4.33. The molecule has 1 unspecified atom stereocenters. The highest BCUT2D eigenvalue weighted by Gasteiger charge is 2.34. The molecular weight excluding hydrogens is 269 g/mol. The molecule has 1 heterocycles. The van der Waals surface area contributed by atoms with E-state index in [4.69, 9.17) is 11.1 Å². The van der Waals surface area contributed by atoms with Crippen LogP contribution in [-0.2, 0) is 6.18 Å². The van der Waals surface area contributed by atoms with Crippen molar-refractivity contribution in [3.8, 4) is 0 Å². The van der Waals surface area contributed by atoms with Gasteiger partial charge in [0.05, 0.1) is 11.9 Å². The van der Waals surface area contributed by atoms with Crippen molar-refractivity contribution in [3.63, 3.8) is 0 Å². The van der Waals surface area contributed by atoms with Crippen LogP contribution >= 0.6 is 0 Å². The van der Waals surface area contributed by atoms with Crippen molar-refractivity contribution in [2.75, 3.05) is 0 Å². The molecule has 0 aliphatic rings. The zero-order chi connectivity index (χ0) is 14.8. The van der Waals surface area contributed by atoms with Gasteiger partial charge in [-0.2, -0.15) is 18.3 Å². The molecule has 4 nitrogen and oxygen atoms in total. The summed E-state index contributed by atoms with van der Waals surface area (Å²) < 4.78 is 39.0. The number of nitrogens with zero attached hydrogens (tertiary/aromatic N) is 2. The molecule has 20 heavy (non-hydrogen) atoms. The first-order chi connectivity index (χ1) is 9.38. The van der Waals surface area contributed by atoms with E-state index in [1.165, 1.54) is 10.9 Å². The molecule has 0 saturated heterocycles. The number of nitrogens with two attached hydrogens (primary N) is 1. The molecule has 0 amide bonds. The van der Waals surface area contributed by atoms with E-state index in [2.05, 4.69) is 5.10 Å². The molecule has 2 rings (SSSR count). The molecule has 1 aromatic carbocycles. The van der Waals surface area contributed by atoms with Crippen LogP contribution in [0.5, 0.6) is 0 Å². The molecule has 0 aliphatic carbocycles. The Balaban J connectivity index is 2.37. The first-order valence-corrected chi connectivity index (χ1v) is 5.88. The van der Waals surface area contributed by atoms with Gasteiger partial charge in [0.25, 0.3) is 0 Å². The van der Waals surface area contributed by atoms with Gasteiger partial charge in [0, 0.05) is 12.6 Å². The largest absolute Gasteiger partial charge is 0.435 e. The summed E-state index contributed by atoms with van der Waals surface area (Å²) in [6, 6.07) is 9.28. The van der Waals surface area contributed by atoms with E-state index >= 15 is 0 Å². The number of benzene rings is 1. The maximum atomic E-state index is 12.6. The molecule has 7 heteroatoms.